The molecule has 1 N–H and O–H groups in total. The van der Waals surface area contributed by atoms with Crippen LogP contribution in [0.4, 0.5) is 10.1 Å². The first-order valence-electron chi connectivity index (χ1n) is 3.29. The number of rotatable bonds is 2. The Bertz CT molecular complexity index is 333. The van der Waals surface area contributed by atoms with Crippen LogP contribution in [0.2, 0.25) is 0 Å². The summed E-state index contributed by atoms with van der Waals surface area (Å²) < 4.78 is 12.6. The molecule has 3 heteroatoms. The Morgan fingerprint density at radius 1 is 1.50 bits per heavy atom. The lowest BCUT2D eigenvalue weighted by molar-refractivity contribution is 0.513. The van der Waals surface area contributed by atoms with E-state index < -0.39 is 5.82 Å². The van der Waals surface area contributed by atoms with Gasteiger partial charge in [-0.3, -0.25) is 4.99 Å². The van der Waals surface area contributed by atoms with Gasteiger partial charge < -0.3 is 5.11 Å². The SMILES string of the molecule is C=Nc1ccc(F)cc1C(=C)O. The van der Waals surface area contributed by atoms with Crippen molar-refractivity contribution in [1.82, 2.24) is 0 Å². The molecule has 1 aromatic rings. The van der Waals surface area contributed by atoms with Gasteiger partial charge in [0.1, 0.15) is 11.6 Å². The van der Waals surface area contributed by atoms with Crippen LogP contribution in [-0.4, -0.2) is 11.8 Å². The molecule has 0 bridgehead atoms. The summed E-state index contributed by atoms with van der Waals surface area (Å²) in [4.78, 5) is 3.60. The number of aliphatic hydroxyl groups excluding tert-OH is 1. The molecule has 0 heterocycles. The van der Waals surface area contributed by atoms with E-state index in [4.69, 9.17) is 5.11 Å². The molecule has 0 aliphatic rings. The second-order valence-electron chi connectivity index (χ2n) is 2.27. The first-order chi connectivity index (χ1) is 5.65. The zero-order valence-corrected chi connectivity index (χ0v) is 6.42. The zero-order valence-electron chi connectivity index (χ0n) is 6.42. The third-order valence-electron chi connectivity index (χ3n) is 1.44. The van der Waals surface area contributed by atoms with Crippen molar-refractivity contribution in [1.29, 1.82) is 0 Å². The molecule has 1 rings (SSSR count). The normalized spacial score (nSPS) is 9.42. The lowest BCUT2D eigenvalue weighted by atomic mass is 10.1. The summed E-state index contributed by atoms with van der Waals surface area (Å²) in [6.45, 7) is 6.56. The molecule has 1 aromatic carbocycles. The van der Waals surface area contributed by atoms with E-state index in [1.807, 2.05) is 0 Å². The van der Waals surface area contributed by atoms with Gasteiger partial charge in [0.05, 0.1) is 5.69 Å². The number of hydrogen-bond donors (Lipinski definition) is 1. The molecule has 0 amide bonds. The van der Waals surface area contributed by atoms with Crippen molar-refractivity contribution in [2.45, 2.75) is 0 Å². The largest absolute Gasteiger partial charge is 0.508 e. The minimum atomic E-state index is -0.437. The summed E-state index contributed by atoms with van der Waals surface area (Å²) in [5.74, 6) is -0.649. The second-order valence-corrected chi connectivity index (χ2v) is 2.27. The fourth-order valence-corrected chi connectivity index (χ4v) is 0.877. The molecule has 12 heavy (non-hydrogen) atoms. The van der Waals surface area contributed by atoms with E-state index in [1.165, 1.54) is 12.1 Å². The molecular formula is C9H8FNO. The van der Waals surface area contributed by atoms with Crippen LogP contribution in [0.15, 0.2) is 29.8 Å². The molecule has 0 fully saturated rings. The molecule has 0 aliphatic carbocycles. The van der Waals surface area contributed by atoms with Crippen molar-refractivity contribution in [3.63, 3.8) is 0 Å². The maximum Gasteiger partial charge on any atom is 0.124 e. The van der Waals surface area contributed by atoms with Crippen molar-refractivity contribution in [2.24, 2.45) is 4.99 Å². The molecule has 0 radical (unpaired) electrons. The maximum atomic E-state index is 12.6. The lowest BCUT2D eigenvalue weighted by Gasteiger charge is -2.02. The van der Waals surface area contributed by atoms with Crippen molar-refractivity contribution in [3.8, 4) is 0 Å². The van der Waals surface area contributed by atoms with Crippen molar-refractivity contribution < 1.29 is 9.50 Å². The third-order valence-corrected chi connectivity index (χ3v) is 1.44. The lowest BCUT2D eigenvalue weighted by Crippen LogP contribution is -1.84. The number of hydrogen-bond acceptors (Lipinski definition) is 2. The Labute approximate surface area is 69.7 Å². The summed E-state index contributed by atoms with van der Waals surface area (Å²) in [6, 6.07) is 3.84. The molecule has 0 saturated carbocycles. The maximum absolute atomic E-state index is 12.6. The van der Waals surface area contributed by atoms with Crippen LogP contribution < -0.4 is 0 Å². The molecule has 0 aromatic heterocycles. The zero-order chi connectivity index (χ0) is 9.14. The van der Waals surface area contributed by atoms with E-state index in [0.717, 1.165) is 6.07 Å². The van der Waals surface area contributed by atoms with Gasteiger partial charge in [0.25, 0.3) is 0 Å². The number of halogens is 1. The van der Waals surface area contributed by atoms with E-state index in [1.54, 1.807) is 0 Å². The topological polar surface area (TPSA) is 32.6 Å². The number of benzene rings is 1. The summed E-state index contributed by atoms with van der Waals surface area (Å²) in [5, 5.41) is 9.01. The first kappa shape index (κ1) is 8.46. The van der Waals surface area contributed by atoms with Crippen molar-refractivity contribution >= 4 is 18.2 Å². The van der Waals surface area contributed by atoms with Crippen molar-refractivity contribution in [2.75, 3.05) is 0 Å². The van der Waals surface area contributed by atoms with E-state index in [2.05, 4.69) is 18.3 Å². The van der Waals surface area contributed by atoms with Gasteiger partial charge in [0.15, 0.2) is 0 Å². The number of aliphatic imine (C=N–C) groups is 1. The summed E-state index contributed by atoms with van der Waals surface area (Å²) in [7, 11) is 0. The molecule has 0 aliphatic heterocycles. The number of nitrogens with zero attached hydrogens (tertiary/aromatic N) is 1. The molecule has 0 unspecified atom stereocenters. The highest BCUT2D eigenvalue weighted by molar-refractivity contribution is 5.69. The molecule has 0 atom stereocenters. The van der Waals surface area contributed by atoms with Crippen LogP contribution >= 0.6 is 0 Å². The Hall–Kier alpha value is -1.64. The van der Waals surface area contributed by atoms with Crippen LogP contribution in [0.5, 0.6) is 0 Å². The summed E-state index contributed by atoms with van der Waals surface area (Å²) in [5.41, 5.74) is 0.689. The van der Waals surface area contributed by atoms with E-state index in [9.17, 15) is 4.39 Å². The van der Waals surface area contributed by atoms with Crippen LogP contribution in [0.1, 0.15) is 5.56 Å². The predicted molar refractivity (Wildman–Crippen MR) is 47.3 cm³/mol. The quantitative estimate of drug-likeness (QED) is 0.530. The standard InChI is InChI=1S/C9H8FNO/c1-6(12)8-5-7(10)3-4-9(8)11-2/h3-5,12H,1-2H2. The van der Waals surface area contributed by atoms with Gasteiger partial charge in [-0.2, -0.15) is 0 Å². The van der Waals surface area contributed by atoms with Crippen LogP contribution in [-0.2, 0) is 0 Å². The van der Waals surface area contributed by atoms with Gasteiger partial charge in [-0.05, 0) is 24.9 Å². The molecular weight excluding hydrogens is 157 g/mol. The summed E-state index contributed by atoms with van der Waals surface area (Å²) >= 11 is 0. The highest BCUT2D eigenvalue weighted by Gasteiger charge is 2.04. The first-order valence-corrected chi connectivity index (χ1v) is 3.29. The Morgan fingerprint density at radius 3 is 2.67 bits per heavy atom. The van der Waals surface area contributed by atoms with Crippen LogP contribution in [0, 0.1) is 5.82 Å². The molecule has 0 spiro atoms. The van der Waals surface area contributed by atoms with E-state index in [-0.39, 0.29) is 11.3 Å². The van der Waals surface area contributed by atoms with Crippen LogP contribution in [0.25, 0.3) is 5.76 Å². The molecule has 2 nitrogen and oxygen atoms in total. The third kappa shape index (κ3) is 1.50. The van der Waals surface area contributed by atoms with Gasteiger partial charge in [0, 0.05) is 5.56 Å². The fourth-order valence-electron chi connectivity index (χ4n) is 0.877. The Morgan fingerprint density at radius 2 is 2.17 bits per heavy atom. The fraction of sp³-hybridized carbons (Fsp3) is 0. The summed E-state index contributed by atoms with van der Waals surface area (Å²) in [6.07, 6.45) is 0. The highest BCUT2D eigenvalue weighted by atomic mass is 19.1. The second kappa shape index (κ2) is 3.17. The predicted octanol–water partition coefficient (Wildman–Crippen LogP) is 2.69. The minimum absolute atomic E-state index is 0.211. The Balaban J connectivity index is 3.30. The van der Waals surface area contributed by atoms with Gasteiger partial charge >= 0.3 is 0 Å². The minimum Gasteiger partial charge on any atom is -0.508 e. The van der Waals surface area contributed by atoms with Gasteiger partial charge in [-0.25, -0.2) is 4.39 Å². The van der Waals surface area contributed by atoms with E-state index >= 15 is 0 Å². The molecule has 62 valence electrons. The highest BCUT2D eigenvalue weighted by Crippen LogP contribution is 2.24. The average Bonchev–Trinajstić information content (AvgIpc) is 2.04. The Kier molecular flexibility index (Phi) is 2.24. The van der Waals surface area contributed by atoms with Gasteiger partial charge in [0.2, 0.25) is 0 Å². The van der Waals surface area contributed by atoms with Gasteiger partial charge in [-0.15, -0.1) is 0 Å². The monoisotopic (exact) mass is 165 g/mol. The van der Waals surface area contributed by atoms with Gasteiger partial charge in [-0.1, -0.05) is 6.58 Å². The average molecular weight is 165 g/mol. The molecule has 0 saturated heterocycles. The van der Waals surface area contributed by atoms with E-state index in [0.29, 0.717) is 5.69 Å². The van der Waals surface area contributed by atoms with Crippen LogP contribution in [0.3, 0.4) is 0 Å². The van der Waals surface area contributed by atoms with Crippen molar-refractivity contribution in [3.05, 3.63) is 36.2 Å². The smallest absolute Gasteiger partial charge is 0.124 e. The number of aliphatic hydroxyl groups is 1.